The van der Waals surface area contributed by atoms with E-state index in [-0.39, 0.29) is 160 Å². The van der Waals surface area contributed by atoms with Crippen LogP contribution in [0.25, 0.3) is 0 Å². The Morgan fingerprint density at radius 2 is 0.167 bits per heavy atom. The minimum atomic E-state index is 0. The molecule has 0 nitrogen and oxygen atoms in total. The third kappa shape index (κ3) is 167. The molecule has 0 spiro atoms. The van der Waals surface area contributed by atoms with E-state index >= 15 is 0 Å². The largest absolute Gasteiger partial charge is 2.00 e. The Labute approximate surface area is 157 Å². The normalized spacial score (nSPS) is 0. The van der Waals surface area contributed by atoms with Crippen LogP contribution in [0, 0.1) is 0 Å². The Morgan fingerprint density at radius 3 is 0.167 bits per heavy atom. The fourth-order valence-electron chi connectivity index (χ4n) is 0. The van der Waals surface area contributed by atoms with Gasteiger partial charge in [0.25, 0.3) is 0 Å². The van der Waals surface area contributed by atoms with Crippen molar-refractivity contribution >= 4 is 160 Å². The van der Waals surface area contributed by atoms with Crippen molar-refractivity contribution < 1.29 is 0 Å². The van der Waals surface area contributed by atoms with E-state index in [1.807, 2.05) is 0 Å². The van der Waals surface area contributed by atoms with Crippen molar-refractivity contribution in [2.45, 2.75) is 0 Å². The van der Waals surface area contributed by atoms with Crippen LogP contribution in [0.2, 0.25) is 0 Å². The van der Waals surface area contributed by atoms with Crippen LogP contribution in [0.1, 0.15) is 0 Å². The summed E-state index contributed by atoms with van der Waals surface area (Å²) in [6.45, 7) is 0. The maximum Gasteiger partial charge on any atom is 2.00 e. The van der Waals surface area contributed by atoms with Gasteiger partial charge in [0.1, 0.15) is 0 Å². The topological polar surface area (TPSA) is 0 Å². The number of hydrogen-bond donors (Lipinski definition) is 0. The first-order valence-corrected chi connectivity index (χ1v) is 0. The van der Waals surface area contributed by atoms with E-state index < -0.39 is 0 Å². The van der Waals surface area contributed by atoms with Gasteiger partial charge in [0.05, 0.1) is 0 Å². The van der Waals surface area contributed by atoms with E-state index in [0.29, 0.717) is 0 Å². The van der Waals surface area contributed by atoms with Crippen molar-refractivity contribution in [3.8, 4) is 0 Å². The van der Waals surface area contributed by atoms with Gasteiger partial charge in [-0.05, 0) is 0 Å². The summed E-state index contributed by atoms with van der Waals surface area (Å²) < 4.78 is 0. The average molecular weight is 216 g/mol. The predicted octanol–water partition coefficient (Wildman–Crippen LogP) is -13.1. The molecule has 0 amide bonds. The molecule has 0 atom stereocenters. The van der Waals surface area contributed by atoms with Gasteiger partial charge in [-0.15, -0.1) is 0 Å². The van der Waals surface area contributed by atoms with Crippen LogP contribution >= 0.6 is 0 Å². The Morgan fingerprint density at radius 1 is 0.167 bits per heavy atom. The van der Waals surface area contributed by atoms with Crippen molar-refractivity contribution in [1.82, 2.24) is 0 Å². The Kier molecular flexibility index (Phi) is 4500. The molecule has 0 unspecified atom stereocenters. The summed E-state index contributed by atoms with van der Waals surface area (Å²) >= 11 is 0. The van der Waals surface area contributed by atoms with Gasteiger partial charge in [-0.1, -0.05) is 67.3 Å². The third-order valence-corrected chi connectivity index (χ3v) is 0. The molecule has 0 aromatic heterocycles. The predicted molar refractivity (Wildman–Crippen MR) is 114 cm³/mol. The molecule has 12 heavy (non-hydrogen) atoms. The molecule has 0 heterocycles. The van der Waals surface area contributed by atoms with E-state index in [1.54, 1.807) is 0 Å². The SMILES string of the molecule is [BH4-].[BH4-].[BH4-].[BH4-].[BH4-].[BH4-].[BH4-].[BH4-].[Mg+2].[Mg+2].[Mg+2].[Mg+2]. The number of rotatable bonds is 0. The first-order valence-electron chi connectivity index (χ1n) is 0. The fraction of sp³-hybridized carbons (Fsp3) is 0. The standard InChI is InChI=1S/8BH4.4Mg/h8*1H4;;;;/q8*-1;4*+2. The smallest absolute Gasteiger partial charge is 0.0626 e. The van der Waals surface area contributed by atoms with E-state index in [4.69, 9.17) is 0 Å². The molecule has 0 saturated carbocycles. The van der Waals surface area contributed by atoms with E-state index in [1.165, 1.54) is 0 Å². The summed E-state index contributed by atoms with van der Waals surface area (Å²) in [7, 11) is 0. The summed E-state index contributed by atoms with van der Waals surface area (Å²) in [5, 5.41) is 0. The first-order chi connectivity index (χ1) is 0. The van der Waals surface area contributed by atoms with Gasteiger partial charge in [-0.25, -0.2) is 0 Å². The second kappa shape index (κ2) is 209. The zero-order valence-corrected chi connectivity index (χ0v) is 8.49. The van der Waals surface area contributed by atoms with Crippen molar-refractivity contribution in [3.05, 3.63) is 0 Å². The maximum absolute atomic E-state index is 0. The molecule has 64 valence electrons. The van der Waals surface area contributed by atoms with Crippen LogP contribution in [0.5, 0.6) is 0 Å². The fourth-order valence-corrected chi connectivity index (χ4v) is 0. The molecule has 0 aliphatic carbocycles. The third-order valence-electron chi connectivity index (χ3n) is 0. The van der Waals surface area contributed by atoms with Gasteiger partial charge >= 0.3 is 92.2 Å². The van der Waals surface area contributed by atoms with Gasteiger partial charge in [-0.2, -0.15) is 0 Å². The van der Waals surface area contributed by atoms with Gasteiger partial charge in [-0.3, -0.25) is 0 Å². The van der Waals surface area contributed by atoms with Crippen LogP contribution in [0.15, 0.2) is 0 Å². The molecule has 0 rings (SSSR count). The molecule has 0 N–H and O–H groups in total. The van der Waals surface area contributed by atoms with Crippen molar-refractivity contribution in [1.29, 1.82) is 0 Å². The molecule has 12 heteroatoms. The molecule has 0 radical (unpaired) electrons. The van der Waals surface area contributed by atoms with Crippen LogP contribution in [0.4, 0.5) is 0 Å². The van der Waals surface area contributed by atoms with Crippen LogP contribution in [-0.2, 0) is 0 Å². The zero-order chi connectivity index (χ0) is 0. The summed E-state index contributed by atoms with van der Waals surface area (Å²) in [5.41, 5.74) is 0. The summed E-state index contributed by atoms with van der Waals surface area (Å²) in [5.74, 6) is 0. The summed E-state index contributed by atoms with van der Waals surface area (Å²) in [4.78, 5) is 0. The molecule has 0 bridgehead atoms. The summed E-state index contributed by atoms with van der Waals surface area (Å²) in [6.07, 6.45) is 0. The minimum Gasteiger partial charge on any atom is -0.0626 e. The van der Waals surface area contributed by atoms with Gasteiger partial charge in [0, 0.05) is 0 Å². The Hall–Kier alpha value is 3.58. The Balaban J connectivity index is 0. The molecule has 0 saturated heterocycles. The van der Waals surface area contributed by atoms with E-state index in [2.05, 4.69) is 0 Å². The average Bonchev–Trinajstić information content (AvgIpc) is 0. The molecule has 0 aromatic rings. The molecular weight excluding hydrogens is 184 g/mol. The van der Waals surface area contributed by atoms with E-state index in [0.717, 1.165) is 0 Å². The minimum absolute atomic E-state index is 0. The monoisotopic (exact) mass is 216 g/mol. The maximum atomic E-state index is 0. The van der Waals surface area contributed by atoms with Crippen LogP contribution in [0.3, 0.4) is 0 Å². The molecule has 0 aliphatic heterocycles. The molecular formula is H32B8Mg4. The molecule has 0 aliphatic rings. The van der Waals surface area contributed by atoms with Crippen molar-refractivity contribution in [3.63, 3.8) is 0 Å². The first kappa shape index (κ1) is 258. The molecule has 0 fully saturated rings. The summed E-state index contributed by atoms with van der Waals surface area (Å²) in [6, 6.07) is 0. The second-order valence-corrected chi connectivity index (χ2v) is 0. The second-order valence-electron chi connectivity index (χ2n) is 0. The van der Waals surface area contributed by atoms with Crippen molar-refractivity contribution in [2.75, 3.05) is 0 Å². The van der Waals surface area contributed by atoms with Crippen LogP contribution < -0.4 is 0 Å². The Bertz CT molecular complexity index is 11.0. The number of hydrogen-bond acceptors (Lipinski definition) is 0. The quantitative estimate of drug-likeness (QED) is 0.353. The zero-order valence-electron chi connectivity index (χ0n) is 2.83. The molecule has 0 aromatic carbocycles. The van der Waals surface area contributed by atoms with Crippen molar-refractivity contribution in [2.24, 2.45) is 0 Å². The van der Waals surface area contributed by atoms with Gasteiger partial charge < -0.3 is 0 Å². The van der Waals surface area contributed by atoms with E-state index in [9.17, 15) is 0 Å². The van der Waals surface area contributed by atoms with Gasteiger partial charge in [0.2, 0.25) is 0 Å². The van der Waals surface area contributed by atoms with Crippen LogP contribution in [-0.4, -0.2) is 160 Å². The van der Waals surface area contributed by atoms with Gasteiger partial charge in [0.15, 0.2) is 0 Å².